The number of aromatic nitrogens is 1. The predicted molar refractivity (Wildman–Crippen MR) is 94.1 cm³/mol. The molecule has 1 aliphatic carbocycles. The van der Waals surface area contributed by atoms with Gasteiger partial charge in [0.1, 0.15) is 11.6 Å². The molecule has 1 amide bonds. The predicted octanol–water partition coefficient (Wildman–Crippen LogP) is 3.01. The van der Waals surface area contributed by atoms with Gasteiger partial charge in [-0.3, -0.25) is 9.59 Å². The number of hydrogen-bond donors (Lipinski definition) is 1. The minimum absolute atomic E-state index is 0.100. The molecule has 1 aromatic rings. The lowest BCUT2D eigenvalue weighted by Crippen LogP contribution is -2.53. The Hall–Kier alpha value is -1.74. The van der Waals surface area contributed by atoms with Crippen LogP contribution in [-0.2, 0) is 0 Å². The van der Waals surface area contributed by atoms with E-state index in [1.165, 1.54) is 30.7 Å². The smallest absolute Gasteiger partial charge is 0.261 e. The third kappa shape index (κ3) is 2.98. The van der Waals surface area contributed by atoms with Gasteiger partial charge in [0.05, 0.1) is 10.6 Å². The second-order valence-electron chi connectivity index (χ2n) is 6.85. The molecule has 0 spiro atoms. The first kappa shape index (κ1) is 17.1. The molecule has 0 aromatic carbocycles. The summed E-state index contributed by atoms with van der Waals surface area (Å²) in [6.45, 7) is 2.98. The molecule has 3 atom stereocenters. The van der Waals surface area contributed by atoms with E-state index in [4.69, 9.17) is 0 Å². The fourth-order valence-electron chi connectivity index (χ4n) is 4.24. The summed E-state index contributed by atoms with van der Waals surface area (Å²) < 4.78 is 0. The molecule has 3 unspecified atom stereocenters. The lowest BCUT2D eigenvalue weighted by molar-refractivity contribution is 0.0216. The molecule has 6 heteroatoms. The van der Waals surface area contributed by atoms with E-state index in [9.17, 15) is 14.9 Å². The molecule has 1 saturated heterocycles. The number of H-pyrrole nitrogens is 1. The summed E-state index contributed by atoms with van der Waals surface area (Å²) in [5.74, 6) is 0.951. The number of nitrogens with zero attached hydrogens (tertiary/aromatic N) is 2. The van der Waals surface area contributed by atoms with E-state index in [0.717, 1.165) is 19.3 Å². The summed E-state index contributed by atoms with van der Waals surface area (Å²) in [4.78, 5) is 30.0. The average molecular weight is 345 g/mol. The Morgan fingerprint density at radius 3 is 2.83 bits per heavy atom. The zero-order chi connectivity index (χ0) is 17.3. The molecule has 128 valence electrons. The van der Waals surface area contributed by atoms with Crippen LogP contribution in [0.3, 0.4) is 0 Å². The normalized spacial score (nSPS) is 26.5. The molecule has 5 nitrogen and oxygen atoms in total. The molecule has 2 aliphatic rings. The van der Waals surface area contributed by atoms with Crippen LogP contribution in [0.25, 0.3) is 0 Å². The largest absolute Gasteiger partial charge is 0.335 e. The third-order valence-electron chi connectivity index (χ3n) is 5.56. The van der Waals surface area contributed by atoms with Crippen LogP contribution in [0.1, 0.15) is 54.9 Å². The number of rotatable bonds is 2. The van der Waals surface area contributed by atoms with Gasteiger partial charge in [-0.2, -0.15) is 5.26 Å². The van der Waals surface area contributed by atoms with E-state index < -0.39 is 5.56 Å². The Morgan fingerprint density at radius 1 is 1.38 bits per heavy atom. The van der Waals surface area contributed by atoms with Crippen molar-refractivity contribution in [3.05, 3.63) is 27.5 Å². The monoisotopic (exact) mass is 345 g/mol. The summed E-state index contributed by atoms with van der Waals surface area (Å²) in [6.07, 6.45) is 7.34. The second-order valence-corrected chi connectivity index (χ2v) is 7.67. The number of pyridine rings is 1. The molecule has 2 heterocycles. The highest BCUT2D eigenvalue weighted by Crippen LogP contribution is 2.39. The number of nitrogens with one attached hydrogen (secondary N) is 1. The number of carbonyl (C=O) groups excluding carboxylic acids is 1. The topological polar surface area (TPSA) is 77.0 Å². The van der Waals surface area contributed by atoms with Crippen LogP contribution in [0.5, 0.6) is 0 Å². The number of hydrogen-bond acceptors (Lipinski definition) is 4. The van der Waals surface area contributed by atoms with Crippen molar-refractivity contribution in [1.29, 1.82) is 5.26 Å². The zero-order valence-electron chi connectivity index (χ0n) is 14.2. The molecule has 1 N–H and O–H groups in total. The maximum Gasteiger partial charge on any atom is 0.261 e. The van der Waals surface area contributed by atoms with Crippen LogP contribution in [0.2, 0.25) is 0 Å². The number of aromatic amines is 1. The number of nitriles is 1. The van der Waals surface area contributed by atoms with Gasteiger partial charge in [0.15, 0.2) is 0 Å². The van der Waals surface area contributed by atoms with Crippen molar-refractivity contribution >= 4 is 17.7 Å². The van der Waals surface area contributed by atoms with Crippen molar-refractivity contribution < 1.29 is 4.79 Å². The number of thioether (sulfide) groups is 1. The van der Waals surface area contributed by atoms with E-state index in [2.05, 4.69) is 18.0 Å². The molecule has 3 rings (SSSR count). The van der Waals surface area contributed by atoms with Gasteiger partial charge in [0.25, 0.3) is 11.5 Å². The molecule has 2 fully saturated rings. The Kier molecular flexibility index (Phi) is 5.00. The Labute approximate surface area is 146 Å². The molecule has 1 aliphatic heterocycles. The Bertz CT molecular complexity index is 737. The lowest BCUT2D eigenvalue weighted by Gasteiger charge is -2.47. The minimum Gasteiger partial charge on any atom is -0.335 e. The van der Waals surface area contributed by atoms with Crippen LogP contribution < -0.4 is 5.56 Å². The number of fused-ring (bicyclic) bond motifs is 1. The van der Waals surface area contributed by atoms with Gasteiger partial charge in [-0.15, -0.1) is 11.8 Å². The molecular weight excluding hydrogens is 322 g/mol. The maximum absolute atomic E-state index is 13.0. The lowest BCUT2D eigenvalue weighted by atomic mass is 9.72. The minimum atomic E-state index is -0.394. The molecular formula is C18H23N3O2S. The van der Waals surface area contributed by atoms with Crippen molar-refractivity contribution in [1.82, 2.24) is 9.88 Å². The van der Waals surface area contributed by atoms with Gasteiger partial charge in [-0.05, 0) is 43.4 Å². The van der Waals surface area contributed by atoms with E-state index in [1.54, 1.807) is 6.26 Å². The van der Waals surface area contributed by atoms with Crippen molar-refractivity contribution in [2.24, 2.45) is 11.8 Å². The molecule has 0 radical (unpaired) electrons. The zero-order valence-corrected chi connectivity index (χ0v) is 15.0. The van der Waals surface area contributed by atoms with Crippen LogP contribution in [0.4, 0.5) is 0 Å². The Balaban J connectivity index is 1.94. The molecule has 0 bridgehead atoms. The van der Waals surface area contributed by atoms with Crippen LogP contribution >= 0.6 is 11.8 Å². The first-order valence-corrected chi connectivity index (χ1v) is 9.81. The van der Waals surface area contributed by atoms with Crippen molar-refractivity contribution in [2.75, 3.05) is 12.8 Å². The van der Waals surface area contributed by atoms with Gasteiger partial charge < -0.3 is 9.88 Å². The Morgan fingerprint density at radius 2 is 2.12 bits per heavy atom. The molecule has 1 aromatic heterocycles. The van der Waals surface area contributed by atoms with Crippen molar-refractivity contribution in [2.45, 2.75) is 50.1 Å². The fourth-order valence-corrected chi connectivity index (χ4v) is 4.76. The van der Waals surface area contributed by atoms with Crippen LogP contribution in [-0.4, -0.2) is 34.6 Å². The van der Waals surface area contributed by atoms with Crippen LogP contribution in [0.15, 0.2) is 15.9 Å². The molecule has 24 heavy (non-hydrogen) atoms. The highest BCUT2D eigenvalue weighted by molar-refractivity contribution is 7.98. The SMILES string of the molecule is CSc1[nH]c(=O)c(C(=O)N2CCC(C)C3CCCCC32)cc1C#N. The highest BCUT2D eigenvalue weighted by Gasteiger charge is 2.40. The van der Waals surface area contributed by atoms with E-state index >= 15 is 0 Å². The quantitative estimate of drug-likeness (QED) is 0.836. The van der Waals surface area contributed by atoms with Gasteiger partial charge >= 0.3 is 0 Å². The first-order valence-electron chi connectivity index (χ1n) is 8.59. The van der Waals surface area contributed by atoms with E-state index in [1.807, 2.05) is 4.90 Å². The molecule has 1 saturated carbocycles. The summed E-state index contributed by atoms with van der Waals surface area (Å²) >= 11 is 1.31. The fraction of sp³-hybridized carbons (Fsp3) is 0.611. The summed E-state index contributed by atoms with van der Waals surface area (Å²) in [5.41, 5.74) is 0.0635. The summed E-state index contributed by atoms with van der Waals surface area (Å²) in [6, 6.07) is 3.77. The third-order valence-corrected chi connectivity index (χ3v) is 6.29. The van der Waals surface area contributed by atoms with Crippen molar-refractivity contribution in [3.63, 3.8) is 0 Å². The number of amides is 1. The number of piperidine rings is 1. The van der Waals surface area contributed by atoms with Gasteiger partial charge in [-0.25, -0.2) is 0 Å². The first-order chi connectivity index (χ1) is 11.6. The van der Waals surface area contributed by atoms with Crippen LogP contribution in [0, 0.1) is 23.2 Å². The van der Waals surface area contributed by atoms with Gasteiger partial charge in [-0.1, -0.05) is 19.8 Å². The van der Waals surface area contributed by atoms with E-state index in [-0.39, 0.29) is 17.5 Å². The van der Waals surface area contributed by atoms with E-state index in [0.29, 0.717) is 29.0 Å². The van der Waals surface area contributed by atoms with Gasteiger partial charge in [0, 0.05) is 12.6 Å². The summed E-state index contributed by atoms with van der Waals surface area (Å²) in [5, 5.41) is 9.78. The average Bonchev–Trinajstić information content (AvgIpc) is 2.61. The summed E-state index contributed by atoms with van der Waals surface area (Å²) in [7, 11) is 0. The standard InChI is InChI=1S/C18H23N3O2S/c1-11-7-8-21(15-6-4-3-5-13(11)15)18(23)14-9-12(10-19)17(24-2)20-16(14)22/h9,11,13,15H,3-8H2,1-2H3,(H,20,22). The van der Waals surface area contributed by atoms with Crippen molar-refractivity contribution in [3.8, 4) is 6.07 Å². The maximum atomic E-state index is 13.0. The number of likely N-dealkylation sites (tertiary alicyclic amines) is 1. The highest BCUT2D eigenvalue weighted by atomic mass is 32.2. The number of carbonyl (C=O) groups is 1. The second kappa shape index (κ2) is 7.02. The van der Waals surface area contributed by atoms with Gasteiger partial charge in [0.2, 0.25) is 0 Å².